The first-order valence-electron chi connectivity index (χ1n) is 6.97. The van der Waals surface area contributed by atoms with Crippen LogP contribution in [0.5, 0.6) is 5.75 Å². The van der Waals surface area contributed by atoms with Gasteiger partial charge in [0, 0.05) is 26.1 Å². The third-order valence-corrected chi connectivity index (χ3v) is 3.47. The van der Waals surface area contributed by atoms with Crippen LogP contribution in [0.1, 0.15) is 20.3 Å². The highest BCUT2D eigenvalue weighted by Crippen LogP contribution is 2.31. The van der Waals surface area contributed by atoms with Crippen LogP contribution in [0.15, 0.2) is 24.3 Å². The minimum atomic E-state index is -0.101. The van der Waals surface area contributed by atoms with E-state index >= 15 is 0 Å². The molecule has 1 aromatic carbocycles. The first-order chi connectivity index (χ1) is 9.67. The summed E-state index contributed by atoms with van der Waals surface area (Å²) in [5, 5.41) is 0. The highest BCUT2D eigenvalue weighted by Gasteiger charge is 2.25. The average molecular weight is 276 g/mol. The molecular weight excluding hydrogens is 256 g/mol. The van der Waals surface area contributed by atoms with Gasteiger partial charge in [0.25, 0.3) is 5.91 Å². The topological polar surface area (TPSA) is 49.9 Å². The molecule has 0 atom stereocenters. The second-order valence-electron chi connectivity index (χ2n) is 4.62. The predicted molar refractivity (Wildman–Crippen MR) is 76.8 cm³/mol. The van der Waals surface area contributed by atoms with E-state index in [1.807, 2.05) is 38.1 Å². The van der Waals surface area contributed by atoms with Gasteiger partial charge in [-0.15, -0.1) is 0 Å². The van der Waals surface area contributed by atoms with E-state index in [0.717, 1.165) is 5.69 Å². The van der Waals surface area contributed by atoms with Gasteiger partial charge in [0.1, 0.15) is 5.75 Å². The molecule has 0 radical (unpaired) electrons. The predicted octanol–water partition coefficient (Wildman–Crippen LogP) is 1.67. The zero-order chi connectivity index (χ0) is 14.5. The molecule has 0 saturated heterocycles. The third-order valence-electron chi connectivity index (χ3n) is 3.47. The van der Waals surface area contributed by atoms with Crippen molar-refractivity contribution in [3.05, 3.63) is 24.3 Å². The molecule has 0 unspecified atom stereocenters. The van der Waals surface area contributed by atoms with Crippen molar-refractivity contribution in [2.24, 2.45) is 0 Å². The molecule has 0 N–H and O–H groups in total. The third kappa shape index (κ3) is 2.92. The Labute approximate surface area is 119 Å². The van der Waals surface area contributed by atoms with Crippen molar-refractivity contribution in [2.45, 2.75) is 20.3 Å². The van der Waals surface area contributed by atoms with E-state index in [1.165, 1.54) is 0 Å². The number of carbonyl (C=O) groups is 2. The monoisotopic (exact) mass is 276 g/mol. The zero-order valence-electron chi connectivity index (χ0n) is 12.0. The Morgan fingerprint density at radius 1 is 1.30 bits per heavy atom. The van der Waals surface area contributed by atoms with Crippen LogP contribution in [0, 0.1) is 0 Å². The van der Waals surface area contributed by atoms with E-state index < -0.39 is 0 Å². The van der Waals surface area contributed by atoms with Gasteiger partial charge in [-0.2, -0.15) is 0 Å². The number of rotatable bonds is 5. The molecule has 0 fully saturated rings. The van der Waals surface area contributed by atoms with Crippen molar-refractivity contribution < 1.29 is 14.3 Å². The normalized spacial score (nSPS) is 13.7. The van der Waals surface area contributed by atoms with E-state index in [0.29, 0.717) is 31.8 Å². The van der Waals surface area contributed by atoms with Gasteiger partial charge in [0.15, 0.2) is 6.61 Å². The number of fused-ring (bicyclic) bond motifs is 1. The number of hydrogen-bond acceptors (Lipinski definition) is 3. The van der Waals surface area contributed by atoms with E-state index in [9.17, 15) is 9.59 Å². The smallest absolute Gasteiger partial charge is 0.265 e. The summed E-state index contributed by atoms with van der Waals surface area (Å²) >= 11 is 0. The minimum absolute atomic E-state index is 0.0382. The van der Waals surface area contributed by atoms with Crippen LogP contribution in [-0.2, 0) is 9.59 Å². The Morgan fingerprint density at radius 2 is 2.00 bits per heavy atom. The number of hydrogen-bond donors (Lipinski definition) is 0. The van der Waals surface area contributed by atoms with Crippen LogP contribution in [0.2, 0.25) is 0 Å². The summed E-state index contributed by atoms with van der Waals surface area (Å²) in [6.07, 6.45) is 0.335. The van der Waals surface area contributed by atoms with Crippen LogP contribution >= 0.6 is 0 Å². The summed E-state index contributed by atoms with van der Waals surface area (Å²) in [5.74, 6) is 0.671. The van der Waals surface area contributed by atoms with E-state index in [-0.39, 0.29) is 18.4 Å². The second-order valence-corrected chi connectivity index (χ2v) is 4.62. The molecule has 2 amide bonds. The standard InChI is InChI=1S/C15H20N2O3/c1-3-16(4-2)14(18)9-10-17-12-7-5-6-8-13(12)20-11-15(17)19/h5-8H,3-4,9-11H2,1-2H3. The van der Waals surface area contributed by atoms with Gasteiger partial charge in [-0.25, -0.2) is 0 Å². The molecule has 1 aromatic rings. The molecule has 1 aliphatic heterocycles. The first-order valence-corrected chi connectivity index (χ1v) is 6.97. The first kappa shape index (κ1) is 14.4. The quantitative estimate of drug-likeness (QED) is 0.822. The molecule has 0 spiro atoms. The highest BCUT2D eigenvalue weighted by atomic mass is 16.5. The van der Waals surface area contributed by atoms with Gasteiger partial charge in [0.2, 0.25) is 5.91 Å². The Morgan fingerprint density at radius 3 is 2.70 bits per heavy atom. The summed E-state index contributed by atoms with van der Waals surface area (Å²) in [4.78, 5) is 27.4. The number of anilines is 1. The molecule has 0 aliphatic carbocycles. The summed E-state index contributed by atoms with van der Waals surface area (Å²) in [7, 11) is 0. The van der Waals surface area contributed by atoms with Gasteiger partial charge in [-0.05, 0) is 26.0 Å². The molecule has 5 nitrogen and oxygen atoms in total. The van der Waals surface area contributed by atoms with Gasteiger partial charge in [-0.1, -0.05) is 12.1 Å². The molecule has 2 rings (SSSR count). The van der Waals surface area contributed by atoms with Crippen LogP contribution in [-0.4, -0.2) is 43.0 Å². The van der Waals surface area contributed by atoms with Crippen molar-refractivity contribution in [3.63, 3.8) is 0 Å². The number of nitrogens with zero attached hydrogens (tertiary/aromatic N) is 2. The largest absolute Gasteiger partial charge is 0.482 e. The zero-order valence-corrected chi connectivity index (χ0v) is 12.0. The molecule has 108 valence electrons. The average Bonchev–Trinajstić information content (AvgIpc) is 2.47. The second kappa shape index (κ2) is 6.41. The van der Waals surface area contributed by atoms with Crippen molar-refractivity contribution >= 4 is 17.5 Å². The Hall–Kier alpha value is -2.04. The molecule has 5 heteroatoms. The summed E-state index contributed by atoms with van der Waals surface area (Å²) < 4.78 is 5.38. The summed E-state index contributed by atoms with van der Waals surface area (Å²) in [6, 6.07) is 7.41. The molecule has 0 bridgehead atoms. The molecule has 0 aromatic heterocycles. The minimum Gasteiger partial charge on any atom is -0.482 e. The van der Waals surface area contributed by atoms with Crippen molar-refractivity contribution in [1.82, 2.24) is 4.90 Å². The number of amides is 2. The maximum absolute atomic E-state index is 12.0. The van der Waals surface area contributed by atoms with Gasteiger partial charge >= 0.3 is 0 Å². The number of para-hydroxylation sites is 2. The van der Waals surface area contributed by atoms with E-state index in [1.54, 1.807) is 9.80 Å². The molecule has 1 aliphatic rings. The number of ether oxygens (including phenoxy) is 1. The molecule has 1 heterocycles. The molecule has 20 heavy (non-hydrogen) atoms. The Balaban J connectivity index is 2.06. The van der Waals surface area contributed by atoms with Crippen molar-refractivity contribution in [3.8, 4) is 5.75 Å². The number of benzene rings is 1. The van der Waals surface area contributed by atoms with Crippen LogP contribution in [0.4, 0.5) is 5.69 Å². The lowest BCUT2D eigenvalue weighted by Gasteiger charge is -2.29. The SMILES string of the molecule is CCN(CC)C(=O)CCN1C(=O)COc2ccccc21. The van der Waals surface area contributed by atoms with Crippen molar-refractivity contribution in [2.75, 3.05) is 31.1 Å². The summed E-state index contributed by atoms with van der Waals surface area (Å²) in [6.45, 7) is 5.74. The fraction of sp³-hybridized carbons (Fsp3) is 0.467. The maximum Gasteiger partial charge on any atom is 0.265 e. The highest BCUT2D eigenvalue weighted by molar-refractivity contribution is 5.98. The van der Waals surface area contributed by atoms with Crippen LogP contribution in [0.3, 0.4) is 0 Å². The lowest BCUT2D eigenvalue weighted by molar-refractivity contribution is -0.130. The van der Waals surface area contributed by atoms with E-state index in [2.05, 4.69) is 0 Å². The Bertz CT molecular complexity index is 498. The maximum atomic E-state index is 12.0. The van der Waals surface area contributed by atoms with Crippen LogP contribution in [0.25, 0.3) is 0 Å². The van der Waals surface area contributed by atoms with Gasteiger partial charge in [0.05, 0.1) is 5.69 Å². The Kier molecular flexibility index (Phi) is 4.61. The lowest BCUT2D eigenvalue weighted by atomic mass is 10.2. The number of carbonyl (C=O) groups excluding carboxylic acids is 2. The molecular formula is C15H20N2O3. The fourth-order valence-electron chi connectivity index (χ4n) is 2.34. The van der Waals surface area contributed by atoms with Crippen LogP contribution < -0.4 is 9.64 Å². The lowest BCUT2D eigenvalue weighted by Crippen LogP contribution is -2.41. The fourth-order valence-corrected chi connectivity index (χ4v) is 2.34. The van der Waals surface area contributed by atoms with Gasteiger partial charge < -0.3 is 14.5 Å². The van der Waals surface area contributed by atoms with Crippen molar-refractivity contribution in [1.29, 1.82) is 0 Å². The molecule has 0 saturated carbocycles. The van der Waals surface area contributed by atoms with Gasteiger partial charge in [-0.3, -0.25) is 9.59 Å². The summed E-state index contributed by atoms with van der Waals surface area (Å²) in [5.41, 5.74) is 0.746. The van der Waals surface area contributed by atoms with E-state index in [4.69, 9.17) is 4.74 Å².